The van der Waals surface area contributed by atoms with E-state index in [1.54, 1.807) is 22.7 Å². The molecular weight excluding hydrogens is 565 g/mol. The van der Waals surface area contributed by atoms with Gasteiger partial charge in [0.1, 0.15) is 23.9 Å². The van der Waals surface area contributed by atoms with E-state index in [1.165, 1.54) is 0 Å². The van der Waals surface area contributed by atoms with Gasteiger partial charge in [0.15, 0.2) is 0 Å². The minimum absolute atomic E-state index is 0.158. The molecule has 2 aromatic heterocycles. The van der Waals surface area contributed by atoms with Crippen LogP contribution < -0.4 is 0 Å². The molecule has 2 saturated carbocycles. The normalized spacial score (nSPS) is 33.6. The molecule has 0 saturated heterocycles. The number of hydrogen-bond donors (Lipinski definition) is 0. The van der Waals surface area contributed by atoms with E-state index in [1.807, 2.05) is 41.1 Å². The summed E-state index contributed by atoms with van der Waals surface area (Å²) in [6.45, 7) is 13.3. The van der Waals surface area contributed by atoms with E-state index in [9.17, 15) is 9.59 Å². The van der Waals surface area contributed by atoms with Crippen LogP contribution in [0.3, 0.4) is 0 Å². The van der Waals surface area contributed by atoms with Crippen LogP contribution in [0.1, 0.15) is 95.7 Å². The zero-order valence-corrected chi connectivity index (χ0v) is 27.6. The maximum absolute atomic E-state index is 14.3. The number of rotatable bonds is 8. The van der Waals surface area contributed by atoms with Gasteiger partial charge < -0.3 is 14.2 Å². The van der Waals surface area contributed by atoms with Crippen LogP contribution in [0.2, 0.25) is 0 Å². The first-order chi connectivity index (χ1) is 20.1. The van der Waals surface area contributed by atoms with Crippen molar-refractivity contribution in [1.82, 2.24) is 0 Å². The molecule has 0 unspecified atom stereocenters. The summed E-state index contributed by atoms with van der Waals surface area (Å²) >= 11 is 3.17. The van der Waals surface area contributed by atoms with Crippen molar-refractivity contribution in [3.05, 3.63) is 50.9 Å². The standard InChI is InChI=1S/C35H48O5S2/c1-20(2)24-13-11-22(5)17-27(24)39-34(36)32-26(30-9-7-15-41-30)19-29(31-10-8-16-42-31)38-33(32)35(37)40-28-18-23(6)12-14-25(28)21(3)4/h7-10,15-16,19-28,32-33H,11-14,17-18H2,1-6H3/t22-,23-,24+,25+,26-,27-,28-,32-,33+/m1/s1. The Morgan fingerprint density at radius 3 is 1.90 bits per heavy atom. The van der Waals surface area contributed by atoms with Crippen molar-refractivity contribution in [1.29, 1.82) is 0 Å². The van der Waals surface area contributed by atoms with Crippen LogP contribution in [-0.4, -0.2) is 30.3 Å². The van der Waals surface area contributed by atoms with Crippen molar-refractivity contribution in [2.45, 2.75) is 104 Å². The van der Waals surface area contributed by atoms with Crippen LogP contribution in [-0.2, 0) is 23.8 Å². The first kappa shape index (κ1) is 31.3. The molecular formula is C35H48O5S2. The molecule has 1 aliphatic heterocycles. The van der Waals surface area contributed by atoms with E-state index in [4.69, 9.17) is 14.2 Å². The van der Waals surface area contributed by atoms with Gasteiger partial charge in [-0.05, 0) is 90.2 Å². The summed E-state index contributed by atoms with van der Waals surface area (Å²) in [5.74, 6) is 1.12. The molecule has 0 amide bonds. The van der Waals surface area contributed by atoms with E-state index >= 15 is 0 Å². The van der Waals surface area contributed by atoms with Crippen LogP contribution >= 0.6 is 22.7 Å². The minimum Gasteiger partial charge on any atom is -0.477 e. The summed E-state index contributed by atoms with van der Waals surface area (Å²) in [5.41, 5.74) is 0. The third-order valence-electron chi connectivity index (χ3n) is 9.90. The highest BCUT2D eigenvalue weighted by Crippen LogP contribution is 2.45. The van der Waals surface area contributed by atoms with Gasteiger partial charge in [0, 0.05) is 10.8 Å². The summed E-state index contributed by atoms with van der Waals surface area (Å²) in [7, 11) is 0. The van der Waals surface area contributed by atoms with Crippen LogP contribution in [0, 0.1) is 41.4 Å². The summed E-state index contributed by atoms with van der Waals surface area (Å²) in [5, 5.41) is 4.02. The number of ether oxygens (including phenoxy) is 3. The lowest BCUT2D eigenvalue weighted by Crippen LogP contribution is -2.48. The molecule has 3 heterocycles. The fraction of sp³-hybridized carbons (Fsp3) is 0.657. The lowest BCUT2D eigenvalue weighted by molar-refractivity contribution is -0.180. The van der Waals surface area contributed by atoms with E-state index in [2.05, 4.69) is 41.5 Å². The smallest absolute Gasteiger partial charge is 0.348 e. The second-order valence-electron chi connectivity index (χ2n) is 13.7. The number of allylic oxidation sites excluding steroid dienone is 1. The molecule has 7 heteroatoms. The molecule has 0 bridgehead atoms. The summed E-state index contributed by atoms with van der Waals surface area (Å²) in [6, 6.07) is 8.02. The number of carbonyl (C=O) groups is 2. The highest BCUT2D eigenvalue weighted by Gasteiger charge is 2.49. The number of esters is 2. The Labute approximate surface area is 260 Å². The fourth-order valence-electron chi connectivity index (χ4n) is 7.41. The molecule has 0 spiro atoms. The molecule has 9 atom stereocenters. The van der Waals surface area contributed by atoms with E-state index in [0.29, 0.717) is 41.3 Å². The quantitative estimate of drug-likeness (QED) is 0.279. The number of thiophene rings is 2. The summed E-state index contributed by atoms with van der Waals surface area (Å²) in [6.07, 6.45) is 6.71. The Morgan fingerprint density at radius 1 is 0.810 bits per heavy atom. The molecule has 230 valence electrons. The molecule has 3 aliphatic rings. The zero-order chi connectivity index (χ0) is 30.0. The van der Waals surface area contributed by atoms with Crippen LogP contribution in [0.25, 0.3) is 5.76 Å². The van der Waals surface area contributed by atoms with Crippen molar-refractivity contribution >= 4 is 40.4 Å². The molecule has 5 rings (SSSR count). The van der Waals surface area contributed by atoms with Crippen molar-refractivity contribution in [3.63, 3.8) is 0 Å². The van der Waals surface area contributed by atoms with Gasteiger partial charge in [-0.25, -0.2) is 4.79 Å². The van der Waals surface area contributed by atoms with Gasteiger partial charge in [0.2, 0.25) is 6.10 Å². The monoisotopic (exact) mass is 612 g/mol. The Hall–Kier alpha value is -2.12. The molecule has 0 N–H and O–H groups in total. The molecule has 42 heavy (non-hydrogen) atoms. The largest absolute Gasteiger partial charge is 0.477 e. The maximum Gasteiger partial charge on any atom is 0.348 e. The molecule has 5 nitrogen and oxygen atoms in total. The Morgan fingerprint density at radius 2 is 1.38 bits per heavy atom. The van der Waals surface area contributed by atoms with E-state index in [0.717, 1.165) is 48.3 Å². The second kappa shape index (κ2) is 13.7. The minimum atomic E-state index is -1.07. The average Bonchev–Trinajstić information content (AvgIpc) is 3.67. The van der Waals surface area contributed by atoms with Crippen LogP contribution in [0.15, 0.2) is 41.1 Å². The zero-order valence-electron chi connectivity index (χ0n) is 26.0. The highest BCUT2D eigenvalue weighted by molar-refractivity contribution is 7.11. The topological polar surface area (TPSA) is 61.8 Å². The van der Waals surface area contributed by atoms with Crippen molar-refractivity contribution < 1.29 is 23.8 Å². The summed E-state index contributed by atoms with van der Waals surface area (Å²) in [4.78, 5) is 30.5. The molecule has 0 aromatic carbocycles. The van der Waals surface area contributed by atoms with Gasteiger partial charge in [-0.15, -0.1) is 22.7 Å². The van der Waals surface area contributed by atoms with Gasteiger partial charge in [0.25, 0.3) is 0 Å². The predicted octanol–water partition coefficient (Wildman–Crippen LogP) is 8.96. The lowest BCUT2D eigenvalue weighted by atomic mass is 9.75. The second-order valence-corrected chi connectivity index (χ2v) is 15.6. The Bertz CT molecular complexity index is 1200. The van der Waals surface area contributed by atoms with Gasteiger partial charge in [-0.2, -0.15) is 0 Å². The average molecular weight is 613 g/mol. The lowest BCUT2D eigenvalue weighted by Gasteiger charge is -2.41. The SMILES string of the molecule is CC(C)[C@@H]1CC[C@@H](C)C[C@H]1OC(=O)[C@H]1[C@@H](C(=O)O[C@@H]2C[C@H](C)CC[C@H]2C(C)C)OC(c2cccs2)=C[C@@H]1c1cccs1. The van der Waals surface area contributed by atoms with Gasteiger partial charge in [0.05, 0.1) is 4.88 Å². The fourth-order valence-corrected chi connectivity index (χ4v) is 8.95. The Balaban J connectivity index is 1.49. The molecule has 2 aliphatic carbocycles. The van der Waals surface area contributed by atoms with Crippen LogP contribution in [0.4, 0.5) is 0 Å². The van der Waals surface area contributed by atoms with Crippen molar-refractivity contribution in [3.8, 4) is 0 Å². The van der Waals surface area contributed by atoms with Gasteiger partial charge >= 0.3 is 11.9 Å². The third-order valence-corrected chi connectivity index (χ3v) is 11.8. The van der Waals surface area contributed by atoms with E-state index < -0.39 is 18.0 Å². The summed E-state index contributed by atoms with van der Waals surface area (Å²) < 4.78 is 19.3. The number of hydrogen-bond acceptors (Lipinski definition) is 7. The number of carbonyl (C=O) groups excluding carboxylic acids is 2. The molecule has 2 fully saturated rings. The first-order valence-corrected chi connectivity index (χ1v) is 17.7. The van der Waals surface area contributed by atoms with Crippen LogP contribution in [0.5, 0.6) is 0 Å². The van der Waals surface area contributed by atoms with E-state index in [-0.39, 0.29) is 24.1 Å². The van der Waals surface area contributed by atoms with Crippen molar-refractivity contribution in [2.75, 3.05) is 0 Å². The third kappa shape index (κ3) is 6.99. The van der Waals surface area contributed by atoms with Gasteiger partial charge in [-0.3, -0.25) is 4.79 Å². The maximum atomic E-state index is 14.3. The first-order valence-electron chi connectivity index (χ1n) is 16.0. The molecule has 2 aromatic rings. The van der Waals surface area contributed by atoms with Gasteiger partial charge in [-0.1, -0.05) is 66.5 Å². The Kier molecular flexibility index (Phi) is 10.2. The molecule has 0 radical (unpaired) electrons. The highest BCUT2D eigenvalue weighted by atomic mass is 32.1. The van der Waals surface area contributed by atoms with Crippen molar-refractivity contribution in [2.24, 2.45) is 41.4 Å². The predicted molar refractivity (Wildman–Crippen MR) is 170 cm³/mol.